The molecule has 2 aromatic carbocycles. The van der Waals surface area contributed by atoms with Gasteiger partial charge in [-0.2, -0.15) is 13.2 Å². The molecule has 0 saturated carbocycles. The Labute approximate surface area is 145 Å². The number of halogens is 5. The maximum atomic E-state index is 13.6. The maximum Gasteiger partial charge on any atom is 0.431 e. The Morgan fingerprint density at radius 2 is 1.42 bits per heavy atom. The number of ether oxygens (including phenoxy) is 1. The third-order valence-electron chi connectivity index (χ3n) is 4.26. The topological polar surface area (TPSA) is 52.3 Å². The average Bonchev–Trinajstić information content (AvgIpc) is 2.93. The summed E-state index contributed by atoms with van der Waals surface area (Å²) in [6.07, 6.45) is -9.05. The van der Waals surface area contributed by atoms with Gasteiger partial charge in [-0.1, -0.05) is 48.5 Å². The van der Waals surface area contributed by atoms with Crippen LogP contribution in [0.3, 0.4) is 0 Å². The van der Waals surface area contributed by atoms with Crippen molar-refractivity contribution in [3.05, 3.63) is 59.7 Å². The summed E-state index contributed by atoms with van der Waals surface area (Å²) in [7, 11) is 0. The van der Waals surface area contributed by atoms with Gasteiger partial charge in [-0.15, -0.1) is 0 Å². The molecule has 1 unspecified atom stereocenters. The van der Waals surface area contributed by atoms with E-state index in [-0.39, 0.29) is 0 Å². The van der Waals surface area contributed by atoms with Crippen LogP contribution in [0.25, 0.3) is 11.1 Å². The summed E-state index contributed by atoms with van der Waals surface area (Å²) < 4.78 is 70.6. The molecule has 1 aliphatic rings. The van der Waals surface area contributed by atoms with Crippen molar-refractivity contribution in [2.45, 2.75) is 24.1 Å². The molecule has 0 amide bonds. The molecule has 0 aromatic heterocycles. The number of alkyl halides is 5. The molecule has 0 saturated heterocycles. The Kier molecular flexibility index (Phi) is 4.47. The van der Waals surface area contributed by atoms with Gasteiger partial charge in [0.05, 0.1) is 6.54 Å². The smallest absolute Gasteiger partial charge is 0.431 e. The van der Waals surface area contributed by atoms with Crippen molar-refractivity contribution in [3.63, 3.8) is 0 Å². The molecule has 0 spiro atoms. The van der Waals surface area contributed by atoms with Gasteiger partial charge < -0.3 is 10.5 Å². The summed E-state index contributed by atoms with van der Waals surface area (Å²) in [5.74, 6) is -7.02. The predicted octanol–water partition coefficient (Wildman–Crippen LogP) is 3.87. The predicted molar refractivity (Wildman–Crippen MR) is 83.7 cm³/mol. The zero-order chi connectivity index (χ0) is 19.1. The number of esters is 1. The fourth-order valence-electron chi connectivity index (χ4n) is 3.09. The van der Waals surface area contributed by atoms with E-state index in [0.29, 0.717) is 22.3 Å². The van der Waals surface area contributed by atoms with Gasteiger partial charge in [-0.25, -0.2) is 8.78 Å². The lowest BCUT2D eigenvalue weighted by molar-refractivity contribution is -0.275. The van der Waals surface area contributed by atoms with Crippen molar-refractivity contribution < 1.29 is 31.5 Å². The SMILES string of the molecule is NCC(F)(F)C(OC(=O)C1c2ccccc2-c2ccccc21)C(F)(F)F. The Morgan fingerprint density at radius 1 is 0.962 bits per heavy atom. The van der Waals surface area contributed by atoms with Crippen molar-refractivity contribution in [1.82, 2.24) is 0 Å². The highest BCUT2D eigenvalue weighted by atomic mass is 19.4. The molecule has 2 aromatic rings. The van der Waals surface area contributed by atoms with Crippen molar-refractivity contribution in [2.24, 2.45) is 5.73 Å². The van der Waals surface area contributed by atoms with Gasteiger partial charge in [-0.05, 0) is 22.3 Å². The van der Waals surface area contributed by atoms with Gasteiger partial charge in [0, 0.05) is 0 Å². The average molecular weight is 371 g/mol. The minimum absolute atomic E-state index is 0.413. The van der Waals surface area contributed by atoms with E-state index in [9.17, 15) is 26.7 Å². The van der Waals surface area contributed by atoms with E-state index < -0.39 is 36.6 Å². The van der Waals surface area contributed by atoms with Gasteiger partial charge in [0.2, 0.25) is 0 Å². The molecule has 0 aliphatic heterocycles. The minimum atomic E-state index is -5.45. The molecule has 1 aliphatic carbocycles. The van der Waals surface area contributed by atoms with Gasteiger partial charge in [-0.3, -0.25) is 4.79 Å². The van der Waals surface area contributed by atoms with Crippen LogP contribution in [0.2, 0.25) is 0 Å². The number of nitrogens with two attached hydrogens (primary N) is 1. The van der Waals surface area contributed by atoms with Crippen LogP contribution >= 0.6 is 0 Å². The molecule has 0 bridgehead atoms. The molecule has 0 fully saturated rings. The van der Waals surface area contributed by atoms with Gasteiger partial charge in [0.25, 0.3) is 6.10 Å². The monoisotopic (exact) mass is 371 g/mol. The summed E-state index contributed by atoms with van der Waals surface area (Å²) >= 11 is 0. The summed E-state index contributed by atoms with van der Waals surface area (Å²) in [6, 6.07) is 13.2. The van der Waals surface area contributed by atoms with E-state index >= 15 is 0 Å². The van der Waals surface area contributed by atoms with E-state index in [1.165, 1.54) is 0 Å². The number of carbonyl (C=O) groups excluding carboxylic acids is 1. The second-order valence-electron chi connectivity index (χ2n) is 5.93. The first kappa shape index (κ1) is 18.3. The number of fused-ring (bicyclic) bond motifs is 3. The van der Waals surface area contributed by atoms with E-state index in [1.54, 1.807) is 48.5 Å². The number of carbonyl (C=O) groups is 1. The maximum absolute atomic E-state index is 13.6. The highest BCUT2D eigenvalue weighted by molar-refractivity contribution is 5.93. The molecule has 138 valence electrons. The standard InChI is InChI=1S/C18H14F5NO2/c19-17(20,9-24)16(18(21,22)23)26-15(25)14-12-7-3-1-5-10(12)11-6-2-4-8-13(11)14/h1-8,14,16H,9,24H2. The first-order valence-corrected chi connectivity index (χ1v) is 7.70. The highest BCUT2D eigenvalue weighted by Crippen LogP contribution is 2.46. The van der Waals surface area contributed by atoms with Crippen molar-refractivity contribution in [1.29, 1.82) is 0 Å². The van der Waals surface area contributed by atoms with E-state index in [1.807, 2.05) is 0 Å². The lowest BCUT2D eigenvalue weighted by Gasteiger charge is -2.28. The first-order chi connectivity index (χ1) is 12.2. The zero-order valence-electron chi connectivity index (χ0n) is 13.3. The lowest BCUT2D eigenvalue weighted by atomic mass is 9.97. The molecule has 0 radical (unpaired) electrons. The van der Waals surface area contributed by atoms with Crippen molar-refractivity contribution >= 4 is 5.97 Å². The zero-order valence-corrected chi connectivity index (χ0v) is 13.3. The molecular weight excluding hydrogens is 357 g/mol. The van der Waals surface area contributed by atoms with Crippen LogP contribution in [0.1, 0.15) is 17.0 Å². The van der Waals surface area contributed by atoms with Crippen LogP contribution in [0.4, 0.5) is 22.0 Å². The molecule has 0 heterocycles. The molecular formula is C18H14F5NO2. The molecule has 26 heavy (non-hydrogen) atoms. The third-order valence-corrected chi connectivity index (χ3v) is 4.26. The molecule has 3 nitrogen and oxygen atoms in total. The molecule has 3 rings (SSSR count). The van der Waals surface area contributed by atoms with Crippen LogP contribution in [-0.2, 0) is 9.53 Å². The van der Waals surface area contributed by atoms with Crippen LogP contribution in [0.15, 0.2) is 48.5 Å². The summed E-state index contributed by atoms with van der Waals surface area (Å²) in [5.41, 5.74) is 6.87. The van der Waals surface area contributed by atoms with Crippen LogP contribution < -0.4 is 5.73 Å². The fraction of sp³-hybridized carbons (Fsp3) is 0.278. The van der Waals surface area contributed by atoms with E-state index in [4.69, 9.17) is 5.73 Å². The molecule has 1 atom stereocenters. The molecule has 2 N–H and O–H groups in total. The van der Waals surface area contributed by atoms with E-state index in [0.717, 1.165) is 0 Å². The largest absolute Gasteiger partial charge is 0.445 e. The quantitative estimate of drug-likeness (QED) is 0.656. The van der Waals surface area contributed by atoms with Gasteiger partial charge in [0.1, 0.15) is 5.92 Å². The molecule has 8 heteroatoms. The number of hydrogen-bond donors (Lipinski definition) is 1. The number of rotatable bonds is 4. The second-order valence-corrected chi connectivity index (χ2v) is 5.93. The Morgan fingerprint density at radius 3 is 1.85 bits per heavy atom. The normalized spacial score (nSPS) is 15.3. The van der Waals surface area contributed by atoms with Crippen molar-refractivity contribution in [2.75, 3.05) is 6.54 Å². The minimum Gasteiger partial charge on any atom is -0.445 e. The van der Waals surface area contributed by atoms with E-state index in [2.05, 4.69) is 4.74 Å². The summed E-state index contributed by atoms with van der Waals surface area (Å²) in [5, 5.41) is 0. The fourth-order valence-corrected chi connectivity index (χ4v) is 3.09. The third kappa shape index (κ3) is 3.05. The number of hydrogen-bond acceptors (Lipinski definition) is 3. The van der Waals surface area contributed by atoms with Gasteiger partial charge >= 0.3 is 18.1 Å². The Bertz CT molecular complexity index is 789. The highest BCUT2D eigenvalue weighted by Gasteiger charge is 2.58. The summed E-state index contributed by atoms with van der Waals surface area (Å²) in [6.45, 7) is -1.59. The Hall–Kier alpha value is -2.48. The second kappa shape index (κ2) is 6.35. The summed E-state index contributed by atoms with van der Waals surface area (Å²) in [4.78, 5) is 12.5. The van der Waals surface area contributed by atoms with Crippen LogP contribution in [0.5, 0.6) is 0 Å². The van der Waals surface area contributed by atoms with Crippen LogP contribution in [-0.4, -0.2) is 30.7 Å². The van der Waals surface area contributed by atoms with Gasteiger partial charge in [0.15, 0.2) is 0 Å². The lowest BCUT2D eigenvalue weighted by Crippen LogP contribution is -2.52. The Balaban J connectivity index is 2.00. The van der Waals surface area contributed by atoms with Crippen molar-refractivity contribution in [3.8, 4) is 11.1 Å². The first-order valence-electron chi connectivity index (χ1n) is 7.70. The van der Waals surface area contributed by atoms with Crippen LogP contribution in [0, 0.1) is 0 Å². The number of benzene rings is 2.